The Morgan fingerprint density at radius 3 is 2.50 bits per heavy atom. The third-order valence-electron chi connectivity index (χ3n) is 3.28. The minimum atomic E-state index is -0.459. The molecule has 1 unspecified atom stereocenters. The van der Waals surface area contributed by atoms with Crippen molar-refractivity contribution in [2.45, 2.75) is 13.0 Å². The van der Waals surface area contributed by atoms with Crippen LogP contribution in [-0.2, 0) is 0 Å². The molecule has 2 rings (SSSR count). The molecule has 0 fully saturated rings. The van der Waals surface area contributed by atoms with Gasteiger partial charge in [0, 0.05) is 24.3 Å². The Labute approximate surface area is 117 Å². The molecule has 2 aromatic carbocycles. The van der Waals surface area contributed by atoms with Gasteiger partial charge >= 0.3 is 0 Å². The van der Waals surface area contributed by atoms with E-state index in [4.69, 9.17) is 5.73 Å². The molecule has 1 atom stereocenters. The van der Waals surface area contributed by atoms with Gasteiger partial charge in [-0.05, 0) is 31.2 Å². The van der Waals surface area contributed by atoms with E-state index in [1.165, 1.54) is 18.2 Å². The summed E-state index contributed by atoms with van der Waals surface area (Å²) in [4.78, 5) is 1.93. The van der Waals surface area contributed by atoms with Gasteiger partial charge in [0.15, 0.2) is 0 Å². The van der Waals surface area contributed by atoms with Gasteiger partial charge in [0.2, 0.25) is 0 Å². The average molecular weight is 276 g/mol. The number of rotatable bonds is 5. The van der Waals surface area contributed by atoms with Crippen molar-refractivity contribution in [3.8, 4) is 0 Å². The summed E-state index contributed by atoms with van der Waals surface area (Å²) < 4.78 is 27.0. The van der Waals surface area contributed by atoms with E-state index < -0.39 is 6.04 Å². The zero-order chi connectivity index (χ0) is 14.5. The summed E-state index contributed by atoms with van der Waals surface area (Å²) in [5, 5.41) is 0. The second kappa shape index (κ2) is 6.48. The summed E-state index contributed by atoms with van der Waals surface area (Å²) in [5.41, 5.74) is 7.30. The van der Waals surface area contributed by atoms with Crippen molar-refractivity contribution in [3.63, 3.8) is 0 Å². The Hall–Kier alpha value is -1.94. The molecule has 0 saturated heterocycles. The third kappa shape index (κ3) is 3.33. The Kier molecular flexibility index (Phi) is 4.69. The average Bonchev–Trinajstić information content (AvgIpc) is 2.45. The van der Waals surface area contributed by atoms with Crippen molar-refractivity contribution < 1.29 is 8.78 Å². The maximum absolute atomic E-state index is 13.7. The smallest absolute Gasteiger partial charge is 0.128 e. The first-order chi connectivity index (χ1) is 9.61. The van der Waals surface area contributed by atoms with Crippen LogP contribution in [0.1, 0.15) is 18.5 Å². The fourth-order valence-corrected chi connectivity index (χ4v) is 2.20. The van der Waals surface area contributed by atoms with Gasteiger partial charge in [-0.15, -0.1) is 0 Å². The van der Waals surface area contributed by atoms with Crippen LogP contribution in [0.3, 0.4) is 0 Å². The van der Waals surface area contributed by atoms with Gasteiger partial charge in [-0.1, -0.05) is 24.3 Å². The topological polar surface area (TPSA) is 29.3 Å². The Morgan fingerprint density at radius 1 is 1.10 bits per heavy atom. The highest BCUT2D eigenvalue weighted by Gasteiger charge is 2.15. The third-order valence-corrected chi connectivity index (χ3v) is 3.28. The van der Waals surface area contributed by atoms with Gasteiger partial charge < -0.3 is 10.6 Å². The highest BCUT2D eigenvalue weighted by Crippen LogP contribution is 2.20. The molecule has 0 amide bonds. The zero-order valence-corrected chi connectivity index (χ0v) is 11.4. The Balaban J connectivity index is 2.16. The second-order valence-electron chi connectivity index (χ2n) is 4.65. The van der Waals surface area contributed by atoms with Gasteiger partial charge in [0.25, 0.3) is 0 Å². The lowest BCUT2D eigenvalue weighted by Crippen LogP contribution is -2.32. The maximum Gasteiger partial charge on any atom is 0.128 e. The van der Waals surface area contributed by atoms with E-state index in [1.807, 2.05) is 17.9 Å². The first-order valence-corrected chi connectivity index (χ1v) is 6.62. The minimum absolute atomic E-state index is 0.291. The highest BCUT2D eigenvalue weighted by molar-refractivity contribution is 5.46. The lowest BCUT2D eigenvalue weighted by Gasteiger charge is -2.27. The van der Waals surface area contributed by atoms with E-state index in [2.05, 4.69) is 0 Å². The molecule has 2 nitrogen and oxygen atoms in total. The number of anilines is 1. The molecule has 106 valence electrons. The fourth-order valence-electron chi connectivity index (χ4n) is 2.20. The molecule has 0 aromatic heterocycles. The molecule has 0 aliphatic rings. The fraction of sp³-hybridized carbons (Fsp3) is 0.250. The molecule has 4 heteroatoms. The van der Waals surface area contributed by atoms with E-state index >= 15 is 0 Å². The molecular formula is C16H18F2N2. The Morgan fingerprint density at radius 2 is 1.85 bits per heavy atom. The van der Waals surface area contributed by atoms with E-state index in [-0.39, 0.29) is 11.6 Å². The summed E-state index contributed by atoms with van der Waals surface area (Å²) in [6.07, 6.45) is 0. The normalized spacial score (nSPS) is 12.2. The van der Waals surface area contributed by atoms with Crippen LogP contribution in [0.25, 0.3) is 0 Å². The summed E-state index contributed by atoms with van der Waals surface area (Å²) in [7, 11) is 0. The van der Waals surface area contributed by atoms with Gasteiger partial charge in [-0.2, -0.15) is 0 Å². The van der Waals surface area contributed by atoms with Gasteiger partial charge in [-0.25, -0.2) is 8.78 Å². The van der Waals surface area contributed by atoms with Crippen LogP contribution in [0, 0.1) is 11.6 Å². The van der Waals surface area contributed by atoms with Crippen molar-refractivity contribution in [3.05, 3.63) is 65.7 Å². The molecule has 2 aromatic rings. The predicted molar refractivity (Wildman–Crippen MR) is 77.6 cm³/mol. The summed E-state index contributed by atoms with van der Waals surface area (Å²) >= 11 is 0. The van der Waals surface area contributed by atoms with E-state index in [1.54, 1.807) is 24.3 Å². The van der Waals surface area contributed by atoms with Crippen molar-refractivity contribution in [2.24, 2.45) is 5.73 Å². The van der Waals surface area contributed by atoms with Gasteiger partial charge in [-0.3, -0.25) is 0 Å². The highest BCUT2D eigenvalue weighted by atomic mass is 19.1. The largest absolute Gasteiger partial charge is 0.370 e. The van der Waals surface area contributed by atoms with Crippen LogP contribution in [-0.4, -0.2) is 13.1 Å². The number of nitrogens with two attached hydrogens (primary N) is 1. The molecule has 2 N–H and O–H groups in total. The SMILES string of the molecule is CCN(CC(N)c1ccccc1F)c1cccc(F)c1. The standard InChI is InChI=1S/C16H18F2N2/c1-2-20(13-7-5-6-12(17)10-13)11-16(19)14-8-3-4-9-15(14)18/h3-10,16H,2,11,19H2,1H3. The van der Waals surface area contributed by atoms with Crippen LogP contribution >= 0.6 is 0 Å². The lowest BCUT2D eigenvalue weighted by molar-refractivity contribution is 0.574. The lowest BCUT2D eigenvalue weighted by atomic mass is 10.1. The van der Waals surface area contributed by atoms with E-state index in [9.17, 15) is 8.78 Å². The molecule has 0 aliphatic carbocycles. The molecular weight excluding hydrogens is 258 g/mol. The zero-order valence-electron chi connectivity index (χ0n) is 11.4. The van der Waals surface area contributed by atoms with Gasteiger partial charge in [0.05, 0.1) is 6.04 Å². The number of halogens is 2. The van der Waals surface area contributed by atoms with Crippen LogP contribution < -0.4 is 10.6 Å². The molecule has 0 radical (unpaired) electrons. The predicted octanol–water partition coefficient (Wildman–Crippen LogP) is 3.49. The molecule has 20 heavy (non-hydrogen) atoms. The first-order valence-electron chi connectivity index (χ1n) is 6.62. The number of benzene rings is 2. The van der Waals surface area contributed by atoms with E-state index in [0.29, 0.717) is 18.7 Å². The van der Waals surface area contributed by atoms with Crippen molar-refractivity contribution in [1.29, 1.82) is 0 Å². The molecule has 0 bridgehead atoms. The number of nitrogens with zero attached hydrogens (tertiary/aromatic N) is 1. The van der Waals surface area contributed by atoms with E-state index in [0.717, 1.165) is 5.69 Å². The second-order valence-corrected chi connectivity index (χ2v) is 4.65. The number of hydrogen-bond acceptors (Lipinski definition) is 2. The monoisotopic (exact) mass is 276 g/mol. The summed E-state index contributed by atoms with van der Waals surface area (Å²) in [5.74, 6) is -0.601. The quantitative estimate of drug-likeness (QED) is 0.905. The molecule has 0 saturated carbocycles. The molecule has 0 heterocycles. The first kappa shape index (κ1) is 14.5. The van der Waals surface area contributed by atoms with Crippen LogP contribution in [0.4, 0.5) is 14.5 Å². The minimum Gasteiger partial charge on any atom is -0.370 e. The molecule has 0 spiro atoms. The van der Waals surface area contributed by atoms with Crippen LogP contribution in [0.15, 0.2) is 48.5 Å². The number of hydrogen-bond donors (Lipinski definition) is 1. The van der Waals surface area contributed by atoms with Crippen molar-refractivity contribution >= 4 is 5.69 Å². The number of likely N-dealkylation sites (N-methyl/N-ethyl adjacent to an activating group) is 1. The van der Waals surface area contributed by atoms with Crippen molar-refractivity contribution in [1.82, 2.24) is 0 Å². The summed E-state index contributed by atoms with van der Waals surface area (Å²) in [6.45, 7) is 3.06. The molecule has 0 aliphatic heterocycles. The maximum atomic E-state index is 13.7. The van der Waals surface area contributed by atoms with Crippen LogP contribution in [0.5, 0.6) is 0 Å². The summed E-state index contributed by atoms with van der Waals surface area (Å²) in [6, 6.07) is 12.3. The van der Waals surface area contributed by atoms with Crippen LogP contribution in [0.2, 0.25) is 0 Å². The van der Waals surface area contributed by atoms with Gasteiger partial charge in [0.1, 0.15) is 11.6 Å². The Bertz CT molecular complexity index is 572. The van der Waals surface area contributed by atoms with Crippen molar-refractivity contribution in [2.75, 3.05) is 18.0 Å².